The van der Waals surface area contributed by atoms with Gasteiger partial charge in [-0.05, 0) is 30.3 Å². The molecule has 0 aliphatic carbocycles. The van der Waals surface area contributed by atoms with Gasteiger partial charge in [-0.3, -0.25) is 4.79 Å². The van der Waals surface area contributed by atoms with Crippen LogP contribution in [0.25, 0.3) is 0 Å². The molecule has 124 valence electrons. The van der Waals surface area contributed by atoms with E-state index in [2.05, 4.69) is 11.9 Å². The zero-order chi connectivity index (χ0) is 17.0. The largest absolute Gasteiger partial charge is 0.351 e. The number of anilines is 1. The van der Waals surface area contributed by atoms with E-state index in [1.807, 2.05) is 0 Å². The number of carbonyl (C=O) groups is 2. The van der Waals surface area contributed by atoms with Crippen LogP contribution in [0.3, 0.4) is 0 Å². The number of sulfonamides is 1. The summed E-state index contributed by atoms with van der Waals surface area (Å²) in [7, 11) is -3.64. The van der Waals surface area contributed by atoms with E-state index in [-0.39, 0.29) is 37.0 Å². The third kappa shape index (κ3) is 3.88. The van der Waals surface area contributed by atoms with Crippen LogP contribution in [0.15, 0.2) is 41.8 Å². The van der Waals surface area contributed by atoms with E-state index in [0.29, 0.717) is 5.69 Å². The second kappa shape index (κ2) is 6.80. The maximum absolute atomic E-state index is 12.5. The highest BCUT2D eigenvalue weighted by Crippen LogP contribution is 2.19. The number of hydrogen-bond donors (Lipinski definition) is 2. The van der Waals surface area contributed by atoms with Gasteiger partial charge >= 0.3 is 6.03 Å². The molecule has 1 aliphatic heterocycles. The summed E-state index contributed by atoms with van der Waals surface area (Å²) in [6.07, 6.45) is 1.13. The van der Waals surface area contributed by atoms with E-state index in [1.165, 1.54) is 33.5 Å². The lowest BCUT2D eigenvalue weighted by atomic mass is 10.3. The van der Waals surface area contributed by atoms with Crippen molar-refractivity contribution in [3.63, 3.8) is 0 Å². The van der Waals surface area contributed by atoms with Gasteiger partial charge < -0.3 is 16.0 Å². The van der Waals surface area contributed by atoms with Crippen molar-refractivity contribution in [1.29, 1.82) is 0 Å². The first-order valence-corrected chi connectivity index (χ1v) is 8.36. The third-order valence-corrected chi connectivity index (χ3v) is 5.41. The predicted octanol–water partition coefficient (Wildman–Crippen LogP) is 0.196. The Morgan fingerprint density at radius 1 is 1.13 bits per heavy atom. The normalized spacial score (nSPS) is 15.9. The number of primary amides is 1. The summed E-state index contributed by atoms with van der Waals surface area (Å²) in [4.78, 5) is 23.8. The molecule has 1 aliphatic rings. The number of carbonyl (C=O) groups excluding carboxylic acids is 2. The number of urea groups is 1. The smallest absolute Gasteiger partial charge is 0.314 e. The molecule has 23 heavy (non-hydrogen) atoms. The van der Waals surface area contributed by atoms with Gasteiger partial charge in [0.1, 0.15) is 0 Å². The van der Waals surface area contributed by atoms with Gasteiger partial charge in [-0.25, -0.2) is 13.2 Å². The number of rotatable bonds is 4. The minimum atomic E-state index is -3.64. The van der Waals surface area contributed by atoms with E-state index in [0.717, 1.165) is 6.08 Å². The highest BCUT2D eigenvalue weighted by Gasteiger charge is 2.29. The van der Waals surface area contributed by atoms with Gasteiger partial charge in [0.15, 0.2) is 0 Å². The average molecular weight is 338 g/mol. The molecule has 1 heterocycles. The topological polar surface area (TPSA) is 113 Å². The van der Waals surface area contributed by atoms with Crippen LogP contribution in [-0.4, -0.2) is 55.7 Å². The van der Waals surface area contributed by atoms with Crippen molar-refractivity contribution in [2.24, 2.45) is 5.73 Å². The molecule has 3 amide bonds. The number of nitrogens with zero attached hydrogens (tertiary/aromatic N) is 2. The number of amides is 3. The van der Waals surface area contributed by atoms with E-state index in [4.69, 9.17) is 5.73 Å². The fourth-order valence-electron chi connectivity index (χ4n) is 2.20. The SMILES string of the molecule is C=CC(=O)Nc1ccc(S(=O)(=O)N2CCN(C(N)=O)CC2)cc1. The van der Waals surface area contributed by atoms with Crippen LogP contribution in [0.5, 0.6) is 0 Å². The molecule has 8 nitrogen and oxygen atoms in total. The number of nitrogens with one attached hydrogen (secondary N) is 1. The number of nitrogens with two attached hydrogens (primary N) is 1. The first kappa shape index (κ1) is 17.0. The Kier molecular flexibility index (Phi) is 5.02. The summed E-state index contributed by atoms with van der Waals surface area (Å²) in [5.41, 5.74) is 5.66. The highest BCUT2D eigenvalue weighted by atomic mass is 32.2. The Balaban J connectivity index is 2.09. The van der Waals surface area contributed by atoms with Gasteiger partial charge in [0.25, 0.3) is 0 Å². The Bertz CT molecular complexity index is 707. The van der Waals surface area contributed by atoms with Crippen molar-refractivity contribution in [1.82, 2.24) is 9.21 Å². The minimum Gasteiger partial charge on any atom is -0.351 e. The fourth-order valence-corrected chi connectivity index (χ4v) is 3.62. The van der Waals surface area contributed by atoms with E-state index >= 15 is 0 Å². The van der Waals surface area contributed by atoms with Crippen LogP contribution in [0.1, 0.15) is 0 Å². The standard InChI is InChI=1S/C14H18N4O4S/c1-2-13(19)16-11-3-5-12(6-4-11)23(21,22)18-9-7-17(8-10-18)14(15)20/h2-6H,1,7-10H2,(H2,15,20)(H,16,19). The lowest BCUT2D eigenvalue weighted by molar-refractivity contribution is -0.111. The molecule has 0 aromatic heterocycles. The Morgan fingerprint density at radius 2 is 1.70 bits per heavy atom. The van der Waals surface area contributed by atoms with Gasteiger partial charge in [0.05, 0.1) is 4.90 Å². The maximum atomic E-state index is 12.5. The highest BCUT2D eigenvalue weighted by molar-refractivity contribution is 7.89. The molecule has 0 bridgehead atoms. The van der Waals surface area contributed by atoms with E-state index < -0.39 is 16.1 Å². The molecule has 3 N–H and O–H groups in total. The van der Waals surface area contributed by atoms with Gasteiger partial charge in [0.2, 0.25) is 15.9 Å². The van der Waals surface area contributed by atoms with Crippen molar-refractivity contribution >= 4 is 27.6 Å². The van der Waals surface area contributed by atoms with Crippen LogP contribution in [0.4, 0.5) is 10.5 Å². The first-order valence-electron chi connectivity index (χ1n) is 6.92. The second-order valence-corrected chi connectivity index (χ2v) is 6.89. The van der Waals surface area contributed by atoms with Crippen molar-refractivity contribution in [2.45, 2.75) is 4.90 Å². The molecule has 0 unspecified atom stereocenters. The molecule has 1 aromatic carbocycles. The van der Waals surface area contributed by atoms with Crippen LogP contribution in [-0.2, 0) is 14.8 Å². The molecular formula is C14H18N4O4S. The zero-order valence-corrected chi connectivity index (χ0v) is 13.3. The van der Waals surface area contributed by atoms with Crippen LogP contribution < -0.4 is 11.1 Å². The summed E-state index contributed by atoms with van der Waals surface area (Å²) in [5.74, 6) is -0.372. The molecule has 9 heteroatoms. The average Bonchev–Trinajstić information content (AvgIpc) is 2.55. The van der Waals surface area contributed by atoms with E-state index in [9.17, 15) is 18.0 Å². The Morgan fingerprint density at radius 3 is 2.17 bits per heavy atom. The third-order valence-electron chi connectivity index (χ3n) is 3.50. The molecular weight excluding hydrogens is 320 g/mol. The van der Waals surface area contributed by atoms with Gasteiger partial charge in [-0.15, -0.1) is 0 Å². The minimum absolute atomic E-state index is 0.127. The number of benzene rings is 1. The zero-order valence-electron chi connectivity index (χ0n) is 12.4. The lowest BCUT2D eigenvalue weighted by Crippen LogP contribution is -2.51. The number of piperazine rings is 1. The molecule has 1 aromatic rings. The molecule has 2 rings (SSSR count). The second-order valence-electron chi connectivity index (χ2n) is 4.95. The molecule has 1 fully saturated rings. The van der Waals surface area contributed by atoms with Gasteiger partial charge in [0, 0.05) is 31.9 Å². The molecule has 0 radical (unpaired) electrons. The van der Waals surface area contributed by atoms with Crippen molar-refractivity contribution in [3.8, 4) is 0 Å². The molecule has 0 saturated carbocycles. The van der Waals surface area contributed by atoms with E-state index in [1.54, 1.807) is 0 Å². The number of hydrogen-bond acceptors (Lipinski definition) is 4. The van der Waals surface area contributed by atoms with Crippen LogP contribution in [0, 0.1) is 0 Å². The summed E-state index contributed by atoms with van der Waals surface area (Å²) >= 11 is 0. The fraction of sp³-hybridized carbons (Fsp3) is 0.286. The molecule has 0 atom stereocenters. The first-order chi connectivity index (χ1) is 10.8. The lowest BCUT2D eigenvalue weighted by Gasteiger charge is -2.32. The predicted molar refractivity (Wildman–Crippen MR) is 85.2 cm³/mol. The summed E-state index contributed by atoms with van der Waals surface area (Å²) < 4.78 is 26.4. The van der Waals surface area contributed by atoms with Crippen LogP contribution >= 0.6 is 0 Å². The Hall–Kier alpha value is -2.39. The van der Waals surface area contributed by atoms with Gasteiger partial charge in [-0.2, -0.15) is 4.31 Å². The summed E-state index contributed by atoms with van der Waals surface area (Å²) in [6.45, 7) is 4.26. The van der Waals surface area contributed by atoms with Crippen molar-refractivity contribution in [3.05, 3.63) is 36.9 Å². The summed E-state index contributed by atoms with van der Waals surface area (Å²) in [5, 5.41) is 2.54. The van der Waals surface area contributed by atoms with Crippen molar-refractivity contribution < 1.29 is 18.0 Å². The van der Waals surface area contributed by atoms with Crippen LogP contribution in [0.2, 0.25) is 0 Å². The quantitative estimate of drug-likeness (QED) is 0.763. The Labute approximate surface area is 134 Å². The molecule has 1 saturated heterocycles. The monoisotopic (exact) mass is 338 g/mol. The molecule has 0 spiro atoms. The van der Waals surface area contributed by atoms with Crippen molar-refractivity contribution in [2.75, 3.05) is 31.5 Å². The van der Waals surface area contributed by atoms with Gasteiger partial charge in [-0.1, -0.05) is 6.58 Å². The summed E-state index contributed by atoms with van der Waals surface area (Å²) in [6, 6.07) is 5.31. The maximum Gasteiger partial charge on any atom is 0.314 e.